The minimum absolute atomic E-state index is 0.591. The Kier molecular flexibility index (Phi) is 5.11. The molecule has 0 saturated heterocycles. The lowest BCUT2D eigenvalue weighted by molar-refractivity contribution is 0.223. The van der Waals surface area contributed by atoms with Crippen LogP contribution < -0.4 is 0 Å². The molecule has 1 atom stereocenters. The first-order valence-electron chi connectivity index (χ1n) is 4.57. The lowest BCUT2D eigenvalue weighted by atomic mass is 10.1. The minimum atomic E-state index is -0.591. The molecule has 6 heteroatoms. The van der Waals surface area contributed by atoms with Crippen molar-refractivity contribution in [1.29, 1.82) is 0 Å². The highest BCUT2D eigenvalue weighted by Crippen LogP contribution is 2.38. The molecule has 0 fully saturated rings. The van der Waals surface area contributed by atoms with Crippen LogP contribution in [-0.2, 0) is 0 Å². The maximum Gasteiger partial charge on any atom is 0.114 e. The van der Waals surface area contributed by atoms with Gasteiger partial charge in [0, 0.05) is 23.0 Å². The summed E-state index contributed by atoms with van der Waals surface area (Å²) in [5.41, 5.74) is 0.918. The van der Waals surface area contributed by atoms with Crippen LogP contribution in [0.15, 0.2) is 37.0 Å². The number of aliphatic hydroxyl groups excluding tert-OH is 1. The van der Waals surface area contributed by atoms with Crippen molar-refractivity contribution in [2.24, 2.45) is 0 Å². The Balaban J connectivity index is 2.42. The van der Waals surface area contributed by atoms with Gasteiger partial charge in [-0.1, -0.05) is 15.9 Å². The van der Waals surface area contributed by atoms with E-state index in [-0.39, 0.29) is 0 Å². The van der Waals surface area contributed by atoms with Gasteiger partial charge in [-0.2, -0.15) is 0 Å². The molecule has 1 aromatic carbocycles. The summed E-state index contributed by atoms with van der Waals surface area (Å²) >= 11 is 14.1. The van der Waals surface area contributed by atoms with Crippen molar-refractivity contribution < 1.29 is 5.11 Å². The first-order chi connectivity index (χ1) is 7.99. The topological polar surface area (TPSA) is 20.2 Å². The molecule has 0 spiro atoms. The normalized spacial score (nSPS) is 12.8. The molecule has 0 bridgehead atoms. The number of rotatable bonds is 2. The summed E-state index contributed by atoms with van der Waals surface area (Å²) < 4.78 is 4.00. The van der Waals surface area contributed by atoms with E-state index in [4.69, 9.17) is 0 Å². The molecule has 1 heterocycles. The lowest BCUT2D eigenvalue weighted by Gasteiger charge is -2.11. The standard InChI is InChI=1S/C11H6Br3IOS/c12-5-1-2-8(15)6(3-5)10(16)9-4-7(13)11(14)17-9/h1-4,10,16H. The van der Waals surface area contributed by atoms with Gasteiger partial charge in [0.2, 0.25) is 0 Å². The van der Waals surface area contributed by atoms with Gasteiger partial charge in [-0.25, -0.2) is 0 Å². The molecule has 1 nitrogen and oxygen atoms in total. The zero-order valence-electron chi connectivity index (χ0n) is 8.25. The number of aliphatic hydroxyl groups is 1. The molecule has 0 aliphatic carbocycles. The van der Waals surface area contributed by atoms with E-state index in [9.17, 15) is 5.11 Å². The summed E-state index contributed by atoms with van der Waals surface area (Å²) in [6, 6.07) is 7.85. The Morgan fingerprint density at radius 3 is 2.47 bits per heavy atom. The largest absolute Gasteiger partial charge is 0.383 e. The Labute approximate surface area is 142 Å². The molecule has 1 N–H and O–H groups in total. The van der Waals surface area contributed by atoms with Gasteiger partial charge in [0.1, 0.15) is 6.10 Å². The maximum absolute atomic E-state index is 10.4. The smallest absolute Gasteiger partial charge is 0.114 e. The van der Waals surface area contributed by atoms with E-state index in [0.717, 1.165) is 26.7 Å². The third-order valence-corrected chi connectivity index (χ3v) is 6.97. The Morgan fingerprint density at radius 2 is 1.88 bits per heavy atom. The van der Waals surface area contributed by atoms with E-state index in [1.54, 1.807) is 0 Å². The van der Waals surface area contributed by atoms with Crippen LogP contribution in [0.4, 0.5) is 0 Å². The maximum atomic E-state index is 10.4. The fourth-order valence-corrected chi connectivity index (χ4v) is 4.48. The van der Waals surface area contributed by atoms with Crippen molar-refractivity contribution in [3.63, 3.8) is 0 Å². The zero-order chi connectivity index (χ0) is 12.6. The molecule has 0 radical (unpaired) electrons. The van der Waals surface area contributed by atoms with Gasteiger partial charge in [0.05, 0.1) is 3.79 Å². The number of benzene rings is 1. The molecule has 1 aromatic heterocycles. The fraction of sp³-hybridized carbons (Fsp3) is 0.0909. The monoisotopic (exact) mass is 550 g/mol. The van der Waals surface area contributed by atoms with Crippen LogP contribution >= 0.6 is 81.7 Å². The zero-order valence-corrected chi connectivity index (χ0v) is 16.0. The summed E-state index contributed by atoms with van der Waals surface area (Å²) in [5.74, 6) is 0. The van der Waals surface area contributed by atoms with Gasteiger partial charge in [-0.3, -0.25) is 0 Å². The van der Waals surface area contributed by atoms with Gasteiger partial charge in [0.25, 0.3) is 0 Å². The number of thiophene rings is 1. The van der Waals surface area contributed by atoms with Crippen molar-refractivity contribution >= 4 is 81.7 Å². The van der Waals surface area contributed by atoms with E-state index < -0.39 is 6.10 Å². The number of halogens is 4. The van der Waals surface area contributed by atoms with Gasteiger partial charge in [-0.05, 0) is 78.7 Å². The fourth-order valence-electron chi connectivity index (χ4n) is 1.38. The van der Waals surface area contributed by atoms with Crippen LogP contribution in [0.1, 0.15) is 16.5 Å². The predicted molar refractivity (Wildman–Crippen MR) is 90.6 cm³/mol. The van der Waals surface area contributed by atoms with Crippen molar-refractivity contribution in [3.8, 4) is 0 Å². The minimum Gasteiger partial charge on any atom is -0.383 e. The summed E-state index contributed by atoms with van der Waals surface area (Å²) in [5, 5.41) is 10.4. The second-order valence-corrected chi connectivity index (χ2v) is 8.67. The number of hydrogen-bond donors (Lipinski definition) is 1. The van der Waals surface area contributed by atoms with Crippen molar-refractivity contribution in [1.82, 2.24) is 0 Å². The van der Waals surface area contributed by atoms with E-state index in [2.05, 4.69) is 70.4 Å². The average Bonchev–Trinajstić information content (AvgIpc) is 2.62. The molecular weight excluding hydrogens is 547 g/mol. The van der Waals surface area contributed by atoms with Gasteiger partial charge >= 0.3 is 0 Å². The van der Waals surface area contributed by atoms with Crippen molar-refractivity contribution in [3.05, 3.63) is 51.0 Å². The molecule has 0 saturated carbocycles. The first-order valence-corrected chi connectivity index (χ1v) is 8.84. The second-order valence-electron chi connectivity index (χ2n) is 3.34. The molecular formula is C11H6Br3IOS. The molecule has 2 rings (SSSR count). The van der Waals surface area contributed by atoms with E-state index in [1.807, 2.05) is 24.3 Å². The first kappa shape index (κ1) is 14.5. The Morgan fingerprint density at radius 1 is 1.18 bits per heavy atom. The highest BCUT2D eigenvalue weighted by Gasteiger charge is 2.17. The second kappa shape index (κ2) is 6.00. The van der Waals surface area contributed by atoms with Crippen molar-refractivity contribution in [2.75, 3.05) is 0 Å². The van der Waals surface area contributed by atoms with Crippen LogP contribution in [0.25, 0.3) is 0 Å². The van der Waals surface area contributed by atoms with Crippen molar-refractivity contribution in [2.45, 2.75) is 6.10 Å². The highest BCUT2D eigenvalue weighted by atomic mass is 127. The SMILES string of the molecule is OC(c1cc(Br)c(Br)s1)c1cc(Br)ccc1I. The van der Waals surface area contributed by atoms with Crippen LogP contribution in [0.3, 0.4) is 0 Å². The van der Waals surface area contributed by atoms with Crippen LogP contribution in [0.5, 0.6) is 0 Å². The van der Waals surface area contributed by atoms with E-state index >= 15 is 0 Å². The third-order valence-electron chi connectivity index (χ3n) is 2.19. The third kappa shape index (κ3) is 3.33. The molecule has 17 heavy (non-hydrogen) atoms. The number of hydrogen-bond acceptors (Lipinski definition) is 2. The van der Waals surface area contributed by atoms with E-state index in [0.29, 0.717) is 0 Å². The highest BCUT2D eigenvalue weighted by molar-refractivity contribution is 14.1. The quantitative estimate of drug-likeness (QED) is 0.473. The van der Waals surface area contributed by atoms with Crippen LogP contribution in [0, 0.1) is 3.57 Å². The molecule has 1 unspecified atom stereocenters. The molecule has 2 aromatic rings. The summed E-state index contributed by atoms with van der Waals surface area (Å²) in [6.45, 7) is 0. The molecule has 0 aliphatic heterocycles. The average molecular weight is 553 g/mol. The van der Waals surface area contributed by atoms with Crippen LogP contribution in [0.2, 0.25) is 0 Å². The van der Waals surface area contributed by atoms with Gasteiger partial charge in [0.15, 0.2) is 0 Å². The lowest BCUT2D eigenvalue weighted by Crippen LogP contribution is -1.99. The Hall–Kier alpha value is 1.05. The summed E-state index contributed by atoms with van der Waals surface area (Å²) in [7, 11) is 0. The Bertz CT molecular complexity index is 536. The van der Waals surface area contributed by atoms with Gasteiger partial charge in [-0.15, -0.1) is 11.3 Å². The van der Waals surface area contributed by atoms with Crippen LogP contribution in [-0.4, -0.2) is 5.11 Å². The predicted octanol–water partition coefficient (Wildman–Crippen LogP) is 5.72. The van der Waals surface area contributed by atoms with Gasteiger partial charge < -0.3 is 5.11 Å². The van der Waals surface area contributed by atoms with E-state index in [1.165, 1.54) is 11.3 Å². The summed E-state index contributed by atoms with van der Waals surface area (Å²) in [6.07, 6.45) is -0.591. The summed E-state index contributed by atoms with van der Waals surface area (Å²) in [4.78, 5) is 0.916. The molecule has 90 valence electrons. The molecule has 0 amide bonds. The molecule has 0 aliphatic rings.